The SMILES string of the molecule is O=C(CCc1ccsc1)NC1CO[C@H]2CN(S(=O)(=O)CC3CC3)C[C@@H]2OC1. The number of fused-ring (bicyclic) bond motifs is 1. The molecule has 0 radical (unpaired) electrons. The molecule has 0 bridgehead atoms. The first-order valence-electron chi connectivity index (χ1n) is 9.51. The molecule has 0 spiro atoms. The van der Waals surface area contributed by atoms with Crippen molar-refractivity contribution in [3.8, 4) is 0 Å². The van der Waals surface area contributed by atoms with Crippen LogP contribution in [-0.2, 0) is 30.7 Å². The largest absolute Gasteiger partial charge is 0.372 e. The molecule has 1 N–H and O–H groups in total. The molecule has 0 unspecified atom stereocenters. The summed E-state index contributed by atoms with van der Waals surface area (Å²) in [7, 11) is -3.22. The van der Waals surface area contributed by atoms with E-state index in [9.17, 15) is 13.2 Å². The molecule has 2 aliphatic heterocycles. The van der Waals surface area contributed by atoms with Gasteiger partial charge in [-0.25, -0.2) is 8.42 Å². The standard InChI is InChI=1S/C18H26N2O5S2/c21-18(4-3-13-5-6-26-11-13)19-15-9-24-16-7-20(8-17(16)25-10-15)27(22,23)12-14-1-2-14/h5-6,11,14-17H,1-4,7-10,12H2,(H,19,21)/t16-,17-/m0/s1. The quantitative estimate of drug-likeness (QED) is 0.720. The van der Waals surface area contributed by atoms with E-state index < -0.39 is 10.0 Å². The van der Waals surface area contributed by atoms with Crippen molar-refractivity contribution in [2.45, 2.75) is 43.9 Å². The van der Waals surface area contributed by atoms with Gasteiger partial charge in [-0.2, -0.15) is 15.6 Å². The molecular weight excluding hydrogens is 388 g/mol. The number of ether oxygens (including phenoxy) is 2. The molecule has 0 aromatic carbocycles. The van der Waals surface area contributed by atoms with Gasteiger partial charge in [-0.05, 0) is 47.6 Å². The zero-order chi connectivity index (χ0) is 18.9. The summed E-state index contributed by atoms with van der Waals surface area (Å²) in [6.45, 7) is 1.39. The van der Waals surface area contributed by atoms with Crippen LogP contribution in [0.3, 0.4) is 0 Å². The highest BCUT2D eigenvalue weighted by Gasteiger charge is 2.43. The molecule has 150 valence electrons. The molecule has 7 nitrogen and oxygen atoms in total. The van der Waals surface area contributed by atoms with E-state index in [2.05, 4.69) is 10.7 Å². The summed E-state index contributed by atoms with van der Waals surface area (Å²) in [6.07, 6.45) is 2.68. The van der Waals surface area contributed by atoms with E-state index in [1.165, 1.54) is 9.87 Å². The Balaban J connectivity index is 1.23. The van der Waals surface area contributed by atoms with Crippen molar-refractivity contribution in [2.24, 2.45) is 5.92 Å². The number of carbonyl (C=O) groups excluding carboxylic acids is 1. The van der Waals surface area contributed by atoms with Gasteiger partial charge in [0.25, 0.3) is 0 Å². The first-order valence-corrected chi connectivity index (χ1v) is 12.1. The van der Waals surface area contributed by atoms with E-state index >= 15 is 0 Å². The third-order valence-corrected chi connectivity index (χ3v) is 8.04. The van der Waals surface area contributed by atoms with Crippen molar-refractivity contribution in [3.05, 3.63) is 22.4 Å². The van der Waals surface area contributed by atoms with E-state index in [1.54, 1.807) is 11.3 Å². The van der Waals surface area contributed by atoms with Crippen LogP contribution in [0.1, 0.15) is 24.8 Å². The highest BCUT2D eigenvalue weighted by atomic mass is 32.2. The Morgan fingerprint density at radius 2 is 1.93 bits per heavy atom. The number of thiophene rings is 1. The van der Waals surface area contributed by atoms with Gasteiger partial charge in [-0.15, -0.1) is 0 Å². The van der Waals surface area contributed by atoms with Crippen LogP contribution in [0.15, 0.2) is 16.8 Å². The van der Waals surface area contributed by atoms with Gasteiger partial charge < -0.3 is 14.8 Å². The van der Waals surface area contributed by atoms with Gasteiger partial charge >= 0.3 is 0 Å². The van der Waals surface area contributed by atoms with Crippen molar-refractivity contribution in [1.82, 2.24) is 9.62 Å². The van der Waals surface area contributed by atoms with Gasteiger partial charge in [0.15, 0.2) is 0 Å². The fraction of sp³-hybridized carbons (Fsp3) is 0.722. The normalized spacial score (nSPS) is 27.3. The van der Waals surface area contributed by atoms with Crippen LogP contribution in [0.25, 0.3) is 0 Å². The molecule has 1 amide bonds. The van der Waals surface area contributed by atoms with E-state index in [4.69, 9.17) is 9.47 Å². The molecule has 1 aromatic heterocycles. The van der Waals surface area contributed by atoms with Gasteiger partial charge in [0.05, 0.1) is 37.2 Å². The molecule has 3 aliphatic rings. The maximum Gasteiger partial charge on any atom is 0.220 e. The van der Waals surface area contributed by atoms with Gasteiger partial charge in [-0.1, -0.05) is 0 Å². The first kappa shape index (κ1) is 19.3. The summed E-state index contributed by atoms with van der Waals surface area (Å²) >= 11 is 1.63. The van der Waals surface area contributed by atoms with Gasteiger partial charge in [0.2, 0.25) is 15.9 Å². The highest BCUT2D eigenvalue weighted by molar-refractivity contribution is 7.89. The number of aryl methyl sites for hydroxylation is 1. The third kappa shape index (κ3) is 5.08. The monoisotopic (exact) mass is 414 g/mol. The molecule has 27 heavy (non-hydrogen) atoms. The minimum Gasteiger partial charge on any atom is -0.372 e. The van der Waals surface area contributed by atoms with Crippen molar-refractivity contribution >= 4 is 27.3 Å². The Morgan fingerprint density at radius 3 is 2.52 bits per heavy atom. The smallest absolute Gasteiger partial charge is 0.220 e. The van der Waals surface area contributed by atoms with Crippen LogP contribution in [0.5, 0.6) is 0 Å². The Bertz CT molecular complexity index is 732. The van der Waals surface area contributed by atoms with Crippen LogP contribution in [-0.4, -0.2) is 68.9 Å². The predicted molar refractivity (Wildman–Crippen MR) is 102 cm³/mol. The molecular formula is C18H26N2O5S2. The molecule has 3 fully saturated rings. The molecule has 1 aromatic rings. The number of nitrogens with zero attached hydrogens (tertiary/aromatic N) is 1. The fourth-order valence-electron chi connectivity index (χ4n) is 3.55. The summed E-state index contributed by atoms with van der Waals surface area (Å²) in [5, 5.41) is 7.03. The summed E-state index contributed by atoms with van der Waals surface area (Å²) in [6, 6.07) is 1.84. The van der Waals surface area contributed by atoms with Crippen molar-refractivity contribution < 1.29 is 22.7 Å². The zero-order valence-corrected chi connectivity index (χ0v) is 16.8. The van der Waals surface area contributed by atoms with Gasteiger partial charge in [0, 0.05) is 19.5 Å². The predicted octanol–water partition coefficient (Wildman–Crippen LogP) is 1.00. The third-order valence-electron chi connectivity index (χ3n) is 5.33. The minimum absolute atomic E-state index is 0.0147. The van der Waals surface area contributed by atoms with Crippen LogP contribution >= 0.6 is 11.3 Å². The summed E-state index contributed by atoms with van der Waals surface area (Å²) in [5.41, 5.74) is 1.17. The van der Waals surface area contributed by atoms with Crippen molar-refractivity contribution in [2.75, 3.05) is 32.1 Å². The molecule has 3 heterocycles. The Morgan fingerprint density at radius 1 is 1.22 bits per heavy atom. The van der Waals surface area contributed by atoms with Crippen LogP contribution in [0, 0.1) is 5.92 Å². The molecule has 1 aliphatic carbocycles. The first-order chi connectivity index (χ1) is 13.0. The van der Waals surface area contributed by atoms with Crippen LogP contribution < -0.4 is 5.32 Å². The summed E-state index contributed by atoms with van der Waals surface area (Å²) in [4.78, 5) is 12.2. The van der Waals surface area contributed by atoms with E-state index in [0.29, 0.717) is 38.6 Å². The molecule has 1 saturated carbocycles. The van der Waals surface area contributed by atoms with Crippen LogP contribution in [0.4, 0.5) is 0 Å². The number of rotatable bonds is 7. The van der Waals surface area contributed by atoms with Crippen molar-refractivity contribution in [3.63, 3.8) is 0 Å². The van der Waals surface area contributed by atoms with E-state index in [1.807, 2.05) is 11.4 Å². The number of nitrogens with one attached hydrogen (secondary N) is 1. The average Bonchev–Trinajstić information content (AvgIpc) is 3.17. The maximum atomic E-state index is 12.5. The Labute approximate surface area is 164 Å². The second-order valence-electron chi connectivity index (χ2n) is 7.68. The van der Waals surface area contributed by atoms with E-state index in [-0.39, 0.29) is 29.9 Å². The lowest BCUT2D eigenvalue weighted by Gasteiger charge is -2.19. The Kier molecular flexibility index (Phi) is 5.84. The molecule has 2 saturated heterocycles. The topological polar surface area (TPSA) is 84.9 Å². The maximum absolute atomic E-state index is 12.5. The second-order valence-corrected chi connectivity index (χ2v) is 10.5. The molecule has 4 rings (SSSR count). The summed E-state index contributed by atoms with van der Waals surface area (Å²) in [5.74, 6) is 0.560. The van der Waals surface area contributed by atoms with E-state index in [0.717, 1.165) is 19.3 Å². The lowest BCUT2D eigenvalue weighted by molar-refractivity contribution is -0.122. The minimum atomic E-state index is -3.22. The number of amides is 1. The molecule has 9 heteroatoms. The number of sulfonamides is 1. The summed E-state index contributed by atoms with van der Waals surface area (Å²) < 4.78 is 38.2. The zero-order valence-electron chi connectivity index (χ0n) is 15.2. The number of hydrogen-bond acceptors (Lipinski definition) is 6. The van der Waals surface area contributed by atoms with Crippen LogP contribution in [0.2, 0.25) is 0 Å². The number of carbonyl (C=O) groups is 1. The number of hydrogen-bond donors (Lipinski definition) is 1. The van der Waals surface area contributed by atoms with Crippen molar-refractivity contribution in [1.29, 1.82) is 0 Å². The average molecular weight is 415 g/mol. The lowest BCUT2D eigenvalue weighted by atomic mass is 10.2. The molecule has 2 atom stereocenters. The highest BCUT2D eigenvalue weighted by Crippen LogP contribution is 2.32. The Hall–Kier alpha value is -1.00. The van der Waals surface area contributed by atoms with Gasteiger partial charge in [0.1, 0.15) is 0 Å². The lowest BCUT2D eigenvalue weighted by Crippen LogP contribution is -2.41. The van der Waals surface area contributed by atoms with Gasteiger partial charge in [-0.3, -0.25) is 4.79 Å². The second kappa shape index (κ2) is 8.16. The fourth-order valence-corrected chi connectivity index (χ4v) is 6.14.